The molecule has 1 aliphatic rings. The highest BCUT2D eigenvalue weighted by Crippen LogP contribution is 2.23. The minimum absolute atomic E-state index is 0.0913. The van der Waals surface area contributed by atoms with Crippen molar-refractivity contribution >= 4 is 5.91 Å². The number of hydrogen-bond donors (Lipinski definition) is 1. The normalized spacial score (nSPS) is 16.7. The van der Waals surface area contributed by atoms with Gasteiger partial charge in [-0.3, -0.25) is 4.79 Å². The molecule has 0 saturated carbocycles. The second-order valence-corrected chi connectivity index (χ2v) is 6.09. The Morgan fingerprint density at radius 3 is 2.57 bits per heavy atom. The SMILES string of the molecule is CC(C)[C@@H](NCCC(=O)N1CCOCC1)c1ccc(F)c(F)c1. The lowest BCUT2D eigenvalue weighted by molar-refractivity contribution is -0.135. The van der Waals surface area contributed by atoms with Crippen molar-refractivity contribution in [3.05, 3.63) is 35.4 Å². The number of nitrogens with zero attached hydrogens (tertiary/aromatic N) is 1. The maximum Gasteiger partial charge on any atom is 0.224 e. The van der Waals surface area contributed by atoms with Crippen molar-refractivity contribution in [2.75, 3.05) is 32.8 Å². The van der Waals surface area contributed by atoms with E-state index >= 15 is 0 Å². The van der Waals surface area contributed by atoms with Gasteiger partial charge < -0.3 is 15.0 Å². The van der Waals surface area contributed by atoms with Crippen LogP contribution in [-0.2, 0) is 9.53 Å². The fraction of sp³-hybridized carbons (Fsp3) is 0.588. The predicted octanol–water partition coefficient (Wildman–Crippen LogP) is 2.50. The summed E-state index contributed by atoms with van der Waals surface area (Å²) in [6, 6.07) is 3.82. The van der Waals surface area contributed by atoms with Crippen molar-refractivity contribution in [2.24, 2.45) is 5.92 Å². The van der Waals surface area contributed by atoms with Gasteiger partial charge in [0.1, 0.15) is 0 Å². The van der Waals surface area contributed by atoms with Gasteiger partial charge >= 0.3 is 0 Å². The first kappa shape index (κ1) is 17.8. The number of carbonyl (C=O) groups is 1. The molecule has 1 amide bonds. The van der Waals surface area contributed by atoms with Crippen LogP contribution < -0.4 is 5.32 Å². The van der Waals surface area contributed by atoms with Crippen molar-refractivity contribution < 1.29 is 18.3 Å². The van der Waals surface area contributed by atoms with Gasteiger partial charge in [-0.1, -0.05) is 19.9 Å². The Balaban J connectivity index is 1.89. The zero-order valence-corrected chi connectivity index (χ0v) is 13.6. The van der Waals surface area contributed by atoms with Crippen LogP contribution in [-0.4, -0.2) is 43.7 Å². The van der Waals surface area contributed by atoms with Gasteiger partial charge in [0.2, 0.25) is 5.91 Å². The third-order valence-electron chi connectivity index (χ3n) is 4.04. The molecular weight excluding hydrogens is 302 g/mol. The van der Waals surface area contributed by atoms with Gasteiger partial charge in [0, 0.05) is 32.1 Å². The van der Waals surface area contributed by atoms with Crippen molar-refractivity contribution in [3.8, 4) is 0 Å². The van der Waals surface area contributed by atoms with E-state index < -0.39 is 11.6 Å². The summed E-state index contributed by atoms with van der Waals surface area (Å²) in [4.78, 5) is 13.9. The van der Waals surface area contributed by atoms with E-state index in [0.717, 1.165) is 6.07 Å². The summed E-state index contributed by atoms with van der Waals surface area (Å²) < 4.78 is 31.7. The summed E-state index contributed by atoms with van der Waals surface area (Å²) in [6.07, 6.45) is 0.382. The first-order chi connectivity index (χ1) is 11.0. The van der Waals surface area contributed by atoms with Gasteiger partial charge in [-0.2, -0.15) is 0 Å². The molecule has 0 spiro atoms. The van der Waals surface area contributed by atoms with E-state index in [0.29, 0.717) is 44.8 Å². The Kier molecular flexibility index (Phi) is 6.47. The lowest BCUT2D eigenvalue weighted by atomic mass is 9.95. The second-order valence-electron chi connectivity index (χ2n) is 6.09. The smallest absolute Gasteiger partial charge is 0.224 e. The number of morpholine rings is 1. The lowest BCUT2D eigenvalue weighted by Gasteiger charge is -2.28. The number of rotatable bonds is 6. The molecule has 1 aromatic carbocycles. The molecule has 0 aliphatic carbocycles. The molecule has 23 heavy (non-hydrogen) atoms. The predicted molar refractivity (Wildman–Crippen MR) is 84.0 cm³/mol. The average molecular weight is 326 g/mol. The third kappa shape index (κ3) is 4.97. The van der Waals surface area contributed by atoms with Gasteiger partial charge in [0.15, 0.2) is 11.6 Å². The minimum atomic E-state index is -0.848. The quantitative estimate of drug-likeness (QED) is 0.873. The molecule has 4 nitrogen and oxygen atoms in total. The van der Waals surface area contributed by atoms with Crippen molar-refractivity contribution in [1.82, 2.24) is 10.2 Å². The molecule has 6 heteroatoms. The fourth-order valence-corrected chi connectivity index (χ4v) is 2.75. The Morgan fingerprint density at radius 2 is 1.96 bits per heavy atom. The molecule has 1 N–H and O–H groups in total. The summed E-state index contributed by atoms with van der Waals surface area (Å²) in [7, 11) is 0. The molecule has 128 valence electrons. The van der Waals surface area contributed by atoms with Crippen LogP contribution in [0.5, 0.6) is 0 Å². The molecule has 1 fully saturated rings. The van der Waals surface area contributed by atoms with Gasteiger partial charge in [-0.15, -0.1) is 0 Å². The number of hydrogen-bond acceptors (Lipinski definition) is 3. The van der Waals surface area contributed by atoms with Crippen LogP contribution in [0.4, 0.5) is 8.78 Å². The number of carbonyl (C=O) groups excluding carboxylic acids is 1. The van der Waals surface area contributed by atoms with Crippen LogP contribution in [0.3, 0.4) is 0 Å². The molecule has 1 aliphatic heterocycles. The molecule has 1 heterocycles. The minimum Gasteiger partial charge on any atom is -0.378 e. The van der Waals surface area contributed by atoms with E-state index in [1.807, 2.05) is 13.8 Å². The van der Waals surface area contributed by atoms with Crippen LogP contribution in [0.15, 0.2) is 18.2 Å². The first-order valence-corrected chi connectivity index (χ1v) is 8.03. The molecule has 0 bridgehead atoms. The van der Waals surface area contributed by atoms with Crippen LogP contribution in [0.25, 0.3) is 0 Å². The number of halogens is 2. The topological polar surface area (TPSA) is 41.6 Å². The van der Waals surface area contributed by atoms with Crippen molar-refractivity contribution in [1.29, 1.82) is 0 Å². The van der Waals surface area contributed by atoms with E-state index in [1.54, 1.807) is 11.0 Å². The van der Waals surface area contributed by atoms with Gasteiger partial charge in [0.05, 0.1) is 13.2 Å². The highest BCUT2D eigenvalue weighted by Gasteiger charge is 2.19. The number of ether oxygens (including phenoxy) is 1. The van der Waals surface area contributed by atoms with Crippen LogP contribution in [0, 0.1) is 17.6 Å². The zero-order chi connectivity index (χ0) is 16.8. The molecule has 2 rings (SSSR count). The summed E-state index contributed by atoms with van der Waals surface area (Å²) in [5, 5.41) is 3.28. The molecule has 0 aromatic heterocycles. The second kappa shape index (κ2) is 8.36. The molecular formula is C17H24F2N2O2. The van der Waals surface area contributed by atoms with E-state index in [1.165, 1.54) is 6.07 Å². The van der Waals surface area contributed by atoms with Crippen molar-refractivity contribution in [2.45, 2.75) is 26.3 Å². The number of benzene rings is 1. The van der Waals surface area contributed by atoms with E-state index in [4.69, 9.17) is 4.74 Å². The van der Waals surface area contributed by atoms with Gasteiger partial charge in [0.25, 0.3) is 0 Å². The van der Waals surface area contributed by atoms with Crippen molar-refractivity contribution in [3.63, 3.8) is 0 Å². The van der Waals surface area contributed by atoms with E-state index in [9.17, 15) is 13.6 Å². The fourth-order valence-electron chi connectivity index (χ4n) is 2.75. The highest BCUT2D eigenvalue weighted by molar-refractivity contribution is 5.76. The van der Waals surface area contributed by atoms with Crippen LogP contribution >= 0.6 is 0 Å². The Hall–Kier alpha value is -1.53. The molecule has 1 aromatic rings. The average Bonchev–Trinajstić information content (AvgIpc) is 2.54. The lowest BCUT2D eigenvalue weighted by Crippen LogP contribution is -2.42. The molecule has 1 saturated heterocycles. The third-order valence-corrected chi connectivity index (χ3v) is 4.04. The van der Waals surface area contributed by atoms with Gasteiger partial charge in [-0.25, -0.2) is 8.78 Å². The standard InChI is InChI=1S/C17H24F2N2O2/c1-12(2)17(13-3-4-14(18)15(19)11-13)20-6-5-16(22)21-7-9-23-10-8-21/h3-4,11-12,17,20H,5-10H2,1-2H3/t17-/m1/s1. The maximum absolute atomic E-state index is 13.4. The summed E-state index contributed by atoms with van der Waals surface area (Å²) >= 11 is 0. The summed E-state index contributed by atoms with van der Waals surface area (Å²) in [5.74, 6) is -1.41. The first-order valence-electron chi connectivity index (χ1n) is 8.03. The monoisotopic (exact) mass is 326 g/mol. The Bertz CT molecular complexity index is 531. The molecule has 1 atom stereocenters. The Labute approximate surface area is 135 Å². The van der Waals surface area contributed by atoms with Crippen LogP contribution in [0.1, 0.15) is 31.9 Å². The zero-order valence-electron chi connectivity index (χ0n) is 13.6. The van der Waals surface area contributed by atoms with E-state index in [-0.39, 0.29) is 17.9 Å². The van der Waals surface area contributed by atoms with Crippen LogP contribution in [0.2, 0.25) is 0 Å². The summed E-state index contributed by atoms with van der Waals surface area (Å²) in [5.41, 5.74) is 0.692. The number of nitrogens with one attached hydrogen (secondary N) is 1. The molecule has 0 unspecified atom stereocenters. The Morgan fingerprint density at radius 1 is 1.26 bits per heavy atom. The maximum atomic E-state index is 13.4. The van der Waals surface area contributed by atoms with E-state index in [2.05, 4.69) is 5.32 Å². The largest absolute Gasteiger partial charge is 0.378 e. The summed E-state index contributed by atoms with van der Waals surface area (Å²) in [6.45, 7) is 6.94. The highest BCUT2D eigenvalue weighted by atomic mass is 19.2. The number of amides is 1. The molecule has 0 radical (unpaired) electrons. The van der Waals surface area contributed by atoms with Gasteiger partial charge in [-0.05, 0) is 23.6 Å².